The average molecular weight is 552 g/mol. The van der Waals surface area contributed by atoms with Crippen molar-refractivity contribution < 1.29 is 19.0 Å². The van der Waals surface area contributed by atoms with Gasteiger partial charge in [0.15, 0.2) is 16.6 Å². The molecule has 0 aliphatic rings. The number of carbonyl (C=O) groups is 1. The molecule has 6 nitrogen and oxygen atoms in total. The molecule has 0 saturated carbocycles. The van der Waals surface area contributed by atoms with Gasteiger partial charge in [-0.15, -0.1) is 0 Å². The Labute approximate surface area is 216 Å². The minimum absolute atomic E-state index is 0.250. The van der Waals surface area contributed by atoms with E-state index in [2.05, 4.69) is 40.4 Å². The van der Waals surface area contributed by atoms with Gasteiger partial charge in [0.2, 0.25) is 0 Å². The van der Waals surface area contributed by atoms with Crippen molar-refractivity contribution in [2.45, 2.75) is 58.9 Å². The van der Waals surface area contributed by atoms with Gasteiger partial charge >= 0.3 is 0 Å². The van der Waals surface area contributed by atoms with Crippen LogP contribution in [0.4, 0.5) is 0 Å². The zero-order chi connectivity index (χ0) is 24.8. The highest BCUT2D eigenvalue weighted by atomic mass is 79.9. The number of hydrogen-bond acceptors (Lipinski definition) is 5. The molecule has 2 aromatic carbocycles. The largest absolute Gasteiger partial charge is 0.493 e. The summed E-state index contributed by atoms with van der Waals surface area (Å²) in [6.07, 6.45) is 6.64. The predicted octanol–water partition coefficient (Wildman–Crippen LogP) is 6.40. The van der Waals surface area contributed by atoms with Crippen molar-refractivity contribution in [3.8, 4) is 17.2 Å². The molecule has 1 amide bonds. The summed E-state index contributed by atoms with van der Waals surface area (Å²) in [4.78, 5) is 12.6. The van der Waals surface area contributed by atoms with Crippen molar-refractivity contribution in [3.63, 3.8) is 0 Å². The summed E-state index contributed by atoms with van der Waals surface area (Å²) in [7, 11) is 1.62. The first-order valence-electron chi connectivity index (χ1n) is 11.8. The van der Waals surface area contributed by atoms with E-state index in [9.17, 15) is 4.79 Å². The molecule has 186 valence electrons. The lowest BCUT2D eigenvalue weighted by molar-refractivity contribution is 0.0976. The third-order valence-corrected chi connectivity index (χ3v) is 5.98. The van der Waals surface area contributed by atoms with Gasteiger partial charge in [-0.2, -0.15) is 0 Å². The van der Waals surface area contributed by atoms with Crippen LogP contribution in [0, 0.1) is 0 Å². The van der Waals surface area contributed by atoms with Crippen molar-refractivity contribution in [2.24, 2.45) is 0 Å². The number of unbranched alkanes of at least 4 members (excludes halogenated alkanes) is 4. The molecule has 2 aromatic rings. The van der Waals surface area contributed by atoms with Gasteiger partial charge in [0.1, 0.15) is 5.75 Å². The van der Waals surface area contributed by atoms with Gasteiger partial charge in [-0.25, -0.2) is 0 Å². The summed E-state index contributed by atoms with van der Waals surface area (Å²) < 4.78 is 17.7. The maximum absolute atomic E-state index is 12.6. The SMILES string of the molecule is CCCCCCOc1ccc(C(=O)NC(=S)NCc2ccc(OCCCC)c(OC)c2)cc1Br. The van der Waals surface area contributed by atoms with Crippen LogP contribution in [0.25, 0.3) is 0 Å². The molecule has 8 heteroatoms. The van der Waals surface area contributed by atoms with Crippen LogP contribution in [-0.4, -0.2) is 31.3 Å². The number of methoxy groups -OCH3 is 1. The number of rotatable bonds is 14. The van der Waals surface area contributed by atoms with Crippen molar-refractivity contribution >= 4 is 39.2 Å². The lowest BCUT2D eigenvalue weighted by atomic mass is 10.2. The number of ether oxygens (including phenoxy) is 3. The monoisotopic (exact) mass is 550 g/mol. The van der Waals surface area contributed by atoms with Gasteiger partial charge < -0.3 is 19.5 Å². The molecule has 0 saturated heterocycles. The Hall–Kier alpha value is -2.32. The van der Waals surface area contributed by atoms with E-state index in [0.29, 0.717) is 31.1 Å². The predicted molar refractivity (Wildman–Crippen MR) is 144 cm³/mol. The van der Waals surface area contributed by atoms with Crippen LogP contribution >= 0.6 is 28.1 Å². The minimum Gasteiger partial charge on any atom is -0.493 e. The maximum atomic E-state index is 12.6. The van der Waals surface area contributed by atoms with E-state index in [0.717, 1.165) is 47.2 Å². The number of halogens is 1. The Morgan fingerprint density at radius 3 is 2.32 bits per heavy atom. The van der Waals surface area contributed by atoms with Gasteiger partial charge in [0, 0.05) is 12.1 Å². The molecule has 0 bridgehead atoms. The summed E-state index contributed by atoms with van der Waals surface area (Å²) in [6, 6.07) is 11.0. The summed E-state index contributed by atoms with van der Waals surface area (Å²) in [5.74, 6) is 1.83. The second-order valence-electron chi connectivity index (χ2n) is 7.88. The van der Waals surface area contributed by atoms with Crippen LogP contribution in [0.15, 0.2) is 40.9 Å². The molecular formula is C26H35BrN2O4S. The number of carbonyl (C=O) groups excluding carboxylic acids is 1. The molecule has 0 fully saturated rings. The fourth-order valence-electron chi connectivity index (χ4n) is 3.14. The molecule has 2 rings (SSSR count). The zero-order valence-electron chi connectivity index (χ0n) is 20.2. The number of benzene rings is 2. The average Bonchev–Trinajstić information content (AvgIpc) is 2.84. The highest BCUT2D eigenvalue weighted by molar-refractivity contribution is 9.10. The van der Waals surface area contributed by atoms with E-state index >= 15 is 0 Å². The Bertz CT molecular complexity index is 939. The Balaban J connectivity index is 1.84. The first kappa shape index (κ1) is 27.9. The quantitative estimate of drug-likeness (QED) is 0.209. The number of thiocarbonyl (C=S) groups is 1. The van der Waals surface area contributed by atoms with E-state index in [1.807, 2.05) is 18.2 Å². The van der Waals surface area contributed by atoms with E-state index in [1.54, 1.807) is 25.3 Å². The van der Waals surface area contributed by atoms with Crippen LogP contribution in [-0.2, 0) is 6.54 Å². The second kappa shape index (κ2) is 15.6. The fraction of sp³-hybridized carbons (Fsp3) is 0.462. The maximum Gasteiger partial charge on any atom is 0.257 e. The summed E-state index contributed by atoms with van der Waals surface area (Å²) in [5.41, 5.74) is 1.45. The Morgan fingerprint density at radius 2 is 1.62 bits per heavy atom. The van der Waals surface area contributed by atoms with Gasteiger partial charge in [-0.3, -0.25) is 10.1 Å². The van der Waals surface area contributed by atoms with E-state index in [-0.39, 0.29) is 11.0 Å². The molecule has 0 spiro atoms. The first-order chi connectivity index (χ1) is 16.5. The van der Waals surface area contributed by atoms with Crippen molar-refractivity contribution in [1.29, 1.82) is 0 Å². The molecule has 0 aliphatic carbocycles. The topological polar surface area (TPSA) is 68.8 Å². The van der Waals surface area contributed by atoms with Crippen LogP contribution in [0.1, 0.15) is 68.3 Å². The summed E-state index contributed by atoms with van der Waals surface area (Å²) >= 11 is 8.79. The normalized spacial score (nSPS) is 10.5. The molecule has 0 radical (unpaired) electrons. The first-order valence-corrected chi connectivity index (χ1v) is 13.0. The third-order valence-electron chi connectivity index (χ3n) is 5.11. The fourth-order valence-corrected chi connectivity index (χ4v) is 3.80. The molecule has 0 aromatic heterocycles. The summed E-state index contributed by atoms with van der Waals surface area (Å²) in [5, 5.41) is 6.03. The van der Waals surface area contributed by atoms with Gasteiger partial charge in [-0.1, -0.05) is 45.6 Å². The van der Waals surface area contributed by atoms with Gasteiger partial charge in [0.25, 0.3) is 5.91 Å². The molecule has 0 unspecified atom stereocenters. The van der Waals surface area contributed by atoms with Crippen LogP contribution in [0.3, 0.4) is 0 Å². The van der Waals surface area contributed by atoms with Crippen LogP contribution < -0.4 is 24.8 Å². The van der Waals surface area contributed by atoms with Gasteiger partial charge in [0.05, 0.1) is 24.8 Å². The Morgan fingerprint density at radius 1 is 0.912 bits per heavy atom. The van der Waals surface area contributed by atoms with Crippen LogP contribution in [0.5, 0.6) is 17.2 Å². The van der Waals surface area contributed by atoms with Crippen molar-refractivity contribution in [3.05, 3.63) is 52.0 Å². The Kier molecular flexibility index (Phi) is 12.8. The lowest BCUT2D eigenvalue weighted by Crippen LogP contribution is -2.38. The zero-order valence-corrected chi connectivity index (χ0v) is 22.6. The molecule has 34 heavy (non-hydrogen) atoms. The minimum atomic E-state index is -0.287. The standard InChI is InChI=1S/C26H35BrN2O4S/c1-4-6-8-9-15-32-22-13-11-20(17-21(22)27)25(30)29-26(34)28-18-19-10-12-23(24(16-19)31-3)33-14-7-5-2/h10-13,16-17H,4-9,14-15,18H2,1-3H3,(H2,28,29,30,34). The molecule has 0 heterocycles. The number of amides is 1. The molecule has 2 N–H and O–H groups in total. The molecule has 0 aliphatic heterocycles. The second-order valence-corrected chi connectivity index (χ2v) is 9.14. The highest BCUT2D eigenvalue weighted by Gasteiger charge is 2.12. The van der Waals surface area contributed by atoms with E-state index in [4.69, 9.17) is 26.4 Å². The van der Waals surface area contributed by atoms with Crippen LogP contribution in [0.2, 0.25) is 0 Å². The van der Waals surface area contributed by atoms with E-state index in [1.165, 1.54) is 12.8 Å². The smallest absolute Gasteiger partial charge is 0.257 e. The van der Waals surface area contributed by atoms with E-state index < -0.39 is 0 Å². The van der Waals surface area contributed by atoms with Crippen molar-refractivity contribution in [1.82, 2.24) is 10.6 Å². The van der Waals surface area contributed by atoms with Crippen molar-refractivity contribution in [2.75, 3.05) is 20.3 Å². The molecule has 0 atom stereocenters. The number of hydrogen-bond donors (Lipinski definition) is 2. The summed E-state index contributed by atoms with van der Waals surface area (Å²) in [6.45, 7) is 6.06. The lowest BCUT2D eigenvalue weighted by Gasteiger charge is -2.14. The molecular weight excluding hydrogens is 516 g/mol. The van der Waals surface area contributed by atoms with Gasteiger partial charge in [-0.05, 0) is 76.9 Å². The highest BCUT2D eigenvalue weighted by Crippen LogP contribution is 2.28. The number of nitrogens with one attached hydrogen (secondary N) is 2. The third kappa shape index (κ3) is 9.50.